The first-order chi connectivity index (χ1) is 16.6. The lowest BCUT2D eigenvalue weighted by atomic mass is 10.2. The highest BCUT2D eigenvalue weighted by Crippen LogP contribution is 2.36. The molecule has 176 valence electrons. The highest BCUT2D eigenvalue weighted by atomic mass is 32.1. The SMILES string of the molecule is COc1ccc(NC(=O)Cn2c(=O)nc(-c3cccs3)c3nc(N4CCCC4)sc32)c(OC)c1. The van der Waals surface area contributed by atoms with Gasteiger partial charge in [-0.05, 0) is 36.4 Å². The first-order valence-electron chi connectivity index (χ1n) is 10.8. The van der Waals surface area contributed by atoms with Crippen LogP contribution in [-0.2, 0) is 11.3 Å². The first-order valence-corrected chi connectivity index (χ1v) is 12.5. The van der Waals surface area contributed by atoms with Crippen LogP contribution in [0.4, 0.5) is 10.8 Å². The number of amides is 1. The van der Waals surface area contributed by atoms with E-state index in [2.05, 4.69) is 15.2 Å². The van der Waals surface area contributed by atoms with Crippen molar-refractivity contribution in [2.45, 2.75) is 19.4 Å². The molecule has 11 heteroatoms. The van der Waals surface area contributed by atoms with E-state index in [9.17, 15) is 9.59 Å². The number of fused-ring (bicyclic) bond motifs is 1. The summed E-state index contributed by atoms with van der Waals surface area (Å²) < 4.78 is 12.0. The number of methoxy groups -OCH3 is 2. The number of anilines is 2. The third kappa shape index (κ3) is 4.24. The normalized spacial score (nSPS) is 13.4. The smallest absolute Gasteiger partial charge is 0.349 e. The number of thiophene rings is 1. The Kier molecular flexibility index (Phi) is 6.20. The molecule has 0 bridgehead atoms. The Morgan fingerprint density at radius 2 is 1.97 bits per heavy atom. The molecule has 5 rings (SSSR count). The second-order valence-electron chi connectivity index (χ2n) is 7.77. The maximum Gasteiger partial charge on any atom is 0.349 e. The van der Waals surface area contributed by atoms with E-state index in [0.29, 0.717) is 33.2 Å². The third-order valence-corrected chi connectivity index (χ3v) is 7.64. The summed E-state index contributed by atoms with van der Waals surface area (Å²) in [5.74, 6) is 0.708. The monoisotopic (exact) mass is 497 g/mol. The standard InChI is InChI=1S/C23H23N5O4S2/c1-31-14-7-8-15(16(12-14)32-2)24-18(29)13-28-21-20(26-23(34-21)27-9-3-4-10-27)19(25-22(28)30)17-6-5-11-33-17/h5-8,11-12H,3-4,9-10,13H2,1-2H3,(H,24,29). The molecule has 1 N–H and O–H groups in total. The van der Waals surface area contributed by atoms with Crippen molar-refractivity contribution < 1.29 is 14.3 Å². The average molecular weight is 498 g/mol. The van der Waals surface area contributed by atoms with Crippen molar-refractivity contribution in [1.29, 1.82) is 0 Å². The van der Waals surface area contributed by atoms with Crippen molar-refractivity contribution in [2.24, 2.45) is 0 Å². The van der Waals surface area contributed by atoms with Crippen LogP contribution in [0.15, 0.2) is 40.5 Å². The fourth-order valence-electron chi connectivity index (χ4n) is 3.94. The molecule has 4 heterocycles. The summed E-state index contributed by atoms with van der Waals surface area (Å²) in [6.45, 7) is 1.68. The van der Waals surface area contributed by atoms with Gasteiger partial charge in [0.2, 0.25) is 5.91 Å². The van der Waals surface area contributed by atoms with Crippen LogP contribution in [0.3, 0.4) is 0 Å². The van der Waals surface area contributed by atoms with Crippen LogP contribution in [0, 0.1) is 0 Å². The van der Waals surface area contributed by atoms with E-state index >= 15 is 0 Å². The minimum absolute atomic E-state index is 0.191. The Balaban J connectivity index is 1.52. The van der Waals surface area contributed by atoms with E-state index in [1.807, 2.05) is 17.5 Å². The molecule has 1 aliphatic rings. The van der Waals surface area contributed by atoms with Gasteiger partial charge < -0.3 is 19.7 Å². The number of ether oxygens (including phenoxy) is 2. The molecule has 1 fully saturated rings. The zero-order valence-corrected chi connectivity index (χ0v) is 20.4. The van der Waals surface area contributed by atoms with E-state index < -0.39 is 5.69 Å². The fraction of sp³-hybridized carbons (Fsp3) is 0.304. The van der Waals surface area contributed by atoms with Crippen molar-refractivity contribution in [3.05, 3.63) is 46.2 Å². The highest BCUT2D eigenvalue weighted by molar-refractivity contribution is 7.22. The summed E-state index contributed by atoms with van der Waals surface area (Å²) in [6.07, 6.45) is 2.23. The van der Waals surface area contributed by atoms with Gasteiger partial charge in [-0.15, -0.1) is 11.3 Å². The molecular formula is C23H23N5O4S2. The molecule has 4 aromatic rings. The minimum atomic E-state index is -0.482. The maximum absolute atomic E-state index is 13.1. The summed E-state index contributed by atoms with van der Waals surface area (Å²) >= 11 is 2.94. The lowest BCUT2D eigenvalue weighted by molar-refractivity contribution is -0.116. The number of benzene rings is 1. The molecule has 34 heavy (non-hydrogen) atoms. The number of carbonyl (C=O) groups excluding carboxylic acids is 1. The Morgan fingerprint density at radius 1 is 1.15 bits per heavy atom. The van der Waals surface area contributed by atoms with Gasteiger partial charge in [0.15, 0.2) is 5.13 Å². The molecular weight excluding hydrogens is 474 g/mol. The fourth-order valence-corrected chi connectivity index (χ4v) is 5.77. The summed E-state index contributed by atoms with van der Waals surface area (Å²) in [6, 6.07) is 8.95. The van der Waals surface area contributed by atoms with Crippen molar-refractivity contribution in [3.63, 3.8) is 0 Å². The van der Waals surface area contributed by atoms with Crippen molar-refractivity contribution in [3.8, 4) is 22.1 Å². The van der Waals surface area contributed by atoms with Crippen LogP contribution in [0.5, 0.6) is 11.5 Å². The molecule has 0 spiro atoms. The van der Waals surface area contributed by atoms with Crippen molar-refractivity contribution >= 4 is 49.7 Å². The topological polar surface area (TPSA) is 98.6 Å². The number of hydrogen-bond acceptors (Lipinski definition) is 9. The molecule has 9 nitrogen and oxygen atoms in total. The van der Waals surface area contributed by atoms with Gasteiger partial charge in [0.25, 0.3) is 0 Å². The molecule has 0 saturated carbocycles. The van der Waals surface area contributed by atoms with Crippen molar-refractivity contribution in [2.75, 3.05) is 37.5 Å². The number of hydrogen-bond donors (Lipinski definition) is 1. The Hall–Kier alpha value is -3.44. The molecule has 0 aliphatic carbocycles. The number of nitrogens with zero attached hydrogens (tertiary/aromatic N) is 4. The van der Waals surface area contributed by atoms with E-state index in [0.717, 1.165) is 35.9 Å². The Bertz CT molecular complexity index is 1390. The summed E-state index contributed by atoms with van der Waals surface area (Å²) in [5.41, 5.74) is 1.21. The second kappa shape index (κ2) is 9.43. The van der Waals surface area contributed by atoms with Gasteiger partial charge in [-0.1, -0.05) is 17.4 Å². The van der Waals surface area contributed by atoms with Crippen LogP contribution >= 0.6 is 22.7 Å². The molecule has 1 aliphatic heterocycles. The van der Waals surface area contributed by atoms with Gasteiger partial charge in [0.05, 0.1) is 24.8 Å². The Morgan fingerprint density at radius 3 is 2.68 bits per heavy atom. The van der Waals surface area contributed by atoms with Crippen LogP contribution < -0.4 is 25.4 Å². The zero-order valence-electron chi connectivity index (χ0n) is 18.7. The van der Waals surface area contributed by atoms with E-state index in [1.54, 1.807) is 25.3 Å². The highest BCUT2D eigenvalue weighted by Gasteiger charge is 2.23. The van der Waals surface area contributed by atoms with Crippen LogP contribution in [-0.4, -0.2) is 47.8 Å². The summed E-state index contributed by atoms with van der Waals surface area (Å²) in [4.78, 5) is 39.0. The number of nitrogens with one attached hydrogen (secondary N) is 1. The molecule has 0 atom stereocenters. The van der Waals surface area contributed by atoms with E-state index in [1.165, 1.54) is 34.4 Å². The number of aromatic nitrogens is 3. The van der Waals surface area contributed by atoms with Gasteiger partial charge in [0, 0.05) is 19.2 Å². The van der Waals surface area contributed by atoms with E-state index in [-0.39, 0.29) is 12.5 Å². The number of rotatable bonds is 7. The zero-order chi connectivity index (χ0) is 23.7. The second-order valence-corrected chi connectivity index (χ2v) is 9.67. The molecule has 1 aromatic carbocycles. The van der Waals surface area contributed by atoms with Crippen molar-refractivity contribution in [1.82, 2.24) is 14.5 Å². The largest absolute Gasteiger partial charge is 0.497 e. The van der Waals surface area contributed by atoms with Crippen LogP contribution in [0.25, 0.3) is 20.9 Å². The van der Waals surface area contributed by atoms with E-state index in [4.69, 9.17) is 14.5 Å². The third-order valence-electron chi connectivity index (χ3n) is 5.62. The predicted octanol–water partition coefficient (Wildman–Crippen LogP) is 3.84. The Labute approximate surface area is 203 Å². The minimum Gasteiger partial charge on any atom is -0.497 e. The quantitative estimate of drug-likeness (QED) is 0.414. The van der Waals surface area contributed by atoms with Crippen LogP contribution in [0.2, 0.25) is 0 Å². The lowest BCUT2D eigenvalue weighted by Crippen LogP contribution is -2.29. The molecule has 1 amide bonds. The van der Waals surface area contributed by atoms with Gasteiger partial charge in [-0.25, -0.2) is 9.78 Å². The first kappa shape index (κ1) is 22.4. The number of carbonyl (C=O) groups is 1. The molecule has 0 unspecified atom stereocenters. The van der Waals surface area contributed by atoms with Gasteiger partial charge >= 0.3 is 5.69 Å². The molecule has 3 aromatic heterocycles. The van der Waals surface area contributed by atoms with Gasteiger partial charge in [0.1, 0.15) is 34.1 Å². The van der Waals surface area contributed by atoms with Crippen LogP contribution in [0.1, 0.15) is 12.8 Å². The maximum atomic E-state index is 13.1. The van der Waals surface area contributed by atoms with Gasteiger partial charge in [-0.2, -0.15) is 4.98 Å². The lowest BCUT2D eigenvalue weighted by Gasteiger charge is -2.13. The molecule has 0 radical (unpaired) electrons. The summed E-state index contributed by atoms with van der Waals surface area (Å²) in [5, 5.41) is 5.62. The van der Waals surface area contributed by atoms with Gasteiger partial charge in [-0.3, -0.25) is 9.36 Å². The average Bonchev–Trinajstić information content (AvgIpc) is 3.62. The predicted molar refractivity (Wildman–Crippen MR) is 135 cm³/mol. The molecule has 1 saturated heterocycles. The summed E-state index contributed by atoms with van der Waals surface area (Å²) in [7, 11) is 3.08. The number of thiazole rings is 1.